The van der Waals surface area contributed by atoms with E-state index in [0.717, 1.165) is 31.9 Å². The van der Waals surface area contributed by atoms with Crippen LogP contribution in [0, 0.1) is 0 Å². The van der Waals surface area contributed by atoms with Crippen LogP contribution in [0.1, 0.15) is 0 Å². The monoisotopic (exact) mass is 460 g/mol. The van der Waals surface area contributed by atoms with Gasteiger partial charge in [0.15, 0.2) is 11.5 Å². The van der Waals surface area contributed by atoms with E-state index in [-0.39, 0.29) is 0 Å². The lowest BCUT2D eigenvalue weighted by Gasteiger charge is -2.46. The molecule has 4 N–H and O–H groups in total. The number of benzene rings is 3. The molecule has 2 aliphatic heterocycles. The molecule has 7 nitrogen and oxygen atoms in total. The second-order valence-corrected chi connectivity index (χ2v) is 8.64. The maximum atomic E-state index is 6.33. The van der Waals surface area contributed by atoms with Gasteiger partial charge in [-0.05, 0) is 35.4 Å². The Bertz CT molecular complexity index is 1060. The highest BCUT2D eigenvalue weighted by Crippen LogP contribution is 2.30. The molecule has 0 unspecified atom stereocenters. The van der Waals surface area contributed by atoms with Gasteiger partial charge in [-0.2, -0.15) is 0 Å². The van der Waals surface area contributed by atoms with Gasteiger partial charge >= 0.3 is 0 Å². The topological polar surface area (TPSA) is 75.8 Å². The van der Waals surface area contributed by atoms with Gasteiger partial charge in [0.1, 0.15) is 30.3 Å². The Morgan fingerprint density at radius 3 is 1.68 bits per heavy atom. The third kappa shape index (κ3) is 4.48. The Kier molecular flexibility index (Phi) is 6.69. The first-order valence-corrected chi connectivity index (χ1v) is 11.8. The molecule has 0 radical (unpaired) electrons. The van der Waals surface area contributed by atoms with Gasteiger partial charge in [0, 0.05) is 26.2 Å². The third-order valence-corrected chi connectivity index (χ3v) is 6.62. The van der Waals surface area contributed by atoms with E-state index in [1.165, 1.54) is 11.1 Å². The summed E-state index contributed by atoms with van der Waals surface area (Å²) in [6.07, 6.45) is 0. The van der Waals surface area contributed by atoms with Crippen molar-refractivity contribution in [3.8, 4) is 28.4 Å². The zero-order valence-corrected chi connectivity index (χ0v) is 19.5. The lowest BCUT2D eigenvalue weighted by atomic mass is 9.94. The predicted octanol–water partition coefficient (Wildman–Crippen LogP) is 2.60. The van der Waals surface area contributed by atoms with Crippen molar-refractivity contribution in [3.05, 3.63) is 78.9 Å². The quantitative estimate of drug-likeness (QED) is 0.391. The van der Waals surface area contributed by atoms with Gasteiger partial charge in [-0.1, -0.05) is 54.6 Å². The molecule has 0 amide bonds. The molecule has 2 saturated heterocycles. The summed E-state index contributed by atoms with van der Waals surface area (Å²) in [6.45, 7) is 4.18. The number of hydrogen-bond donors (Lipinski definition) is 4. The highest BCUT2D eigenvalue weighted by molar-refractivity contribution is 5.63. The average Bonchev–Trinajstić information content (AvgIpc) is 3.59. The highest BCUT2D eigenvalue weighted by Gasteiger charge is 2.56. The van der Waals surface area contributed by atoms with Crippen LogP contribution in [0.4, 0.5) is 0 Å². The van der Waals surface area contributed by atoms with E-state index in [1.807, 2.05) is 42.5 Å². The molecule has 0 aliphatic carbocycles. The first-order valence-electron chi connectivity index (χ1n) is 11.8. The molecule has 5 rings (SSSR count). The average molecular weight is 461 g/mol. The van der Waals surface area contributed by atoms with Crippen molar-refractivity contribution in [2.24, 2.45) is 0 Å². The van der Waals surface area contributed by atoms with E-state index in [1.54, 1.807) is 7.11 Å². The van der Waals surface area contributed by atoms with Crippen molar-refractivity contribution in [1.82, 2.24) is 21.3 Å². The fourth-order valence-corrected chi connectivity index (χ4v) is 4.77. The summed E-state index contributed by atoms with van der Waals surface area (Å²) in [5, 5.41) is 14.6. The fraction of sp³-hybridized carbons (Fsp3) is 0.333. The second-order valence-electron chi connectivity index (χ2n) is 8.64. The van der Waals surface area contributed by atoms with E-state index >= 15 is 0 Å². The van der Waals surface area contributed by atoms with Gasteiger partial charge in [-0.3, -0.25) is 21.3 Å². The Balaban J connectivity index is 1.32. The van der Waals surface area contributed by atoms with Crippen molar-refractivity contribution in [2.75, 3.05) is 46.5 Å². The number of hydrogen-bond acceptors (Lipinski definition) is 7. The standard InChI is InChI=1S/C27H32N4O3/c1-32-24-9-5-6-10-25(24)34-20-27(30-17-18-31-27)26(28-15-16-29-26)19-33-23-13-11-22(12-14-23)21-7-3-2-4-8-21/h2-14,28-31H,15-20H2,1H3. The minimum atomic E-state index is -0.561. The Labute approximate surface area is 200 Å². The number of ether oxygens (including phenoxy) is 3. The summed E-state index contributed by atoms with van der Waals surface area (Å²) >= 11 is 0. The Morgan fingerprint density at radius 1 is 0.588 bits per heavy atom. The van der Waals surface area contributed by atoms with E-state index in [9.17, 15) is 0 Å². The first kappa shape index (κ1) is 22.7. The number of nitrogens with one attached hydrogen (secondary N) is 4. The third-order valence-electron chi connectivity index (χ3n) is 6.62. The molecule has 0 saturated carbocycles. The Hall–Kier alpha value is -3.10. The van der Waals surface area contributed by atoms with Crippen LogP contribution >= 0.6 is 0 Å². The van der Waals surface area contributed by atoms with Crippen LogP contribution in [0.3, 0.4) is 0 Å². The van der Waals surface area contributed by atoms with Crippen LogP contribution in [0.25, 0.3) is 11.1 Å². The molecule has 7 heteroatoms. The second kappa shape index (κ2) is 10.0. The maximum Gasteiger partial charge on any atom is 0.161 e. The molecule has 0 atom stereocenters. The van der Waals surface area contributed by atoms with Gasteiger partial charge in [0.2, 0.25) is 0 Å². The highest BCUT2D eigenvalue weighted by atomic mass is 16.5. The lowest BCUT2D eigenvalue weighted by molar-refractivity contribution is 0.0274. The Morgan fingerprint density at radius 2 is 1.09 bits per heavy atom. The van der Waals surface area contributed by atoms with Crippen molar-refractivity contribution in [3.63, 3.8) is 0 Å². The minimum absolute atomic E-state index is 0.393. The van der Waals surface area contributed by atoms with E-state index in [4.69, 9.17) is 14.2 Å². The van der Waals surface area contributed by atoms with Crippen molar-refractivity contribution < 1.29 is 14.2 Å². The fourth-order valence-electron chi connectivity index (χ4n) is 4.77. The zero-order chi connectivity index (χ0) is 23.3. The molecule has 0 aromatic heterocycles. The van der Waals surface area contributed by atoms with Crippen LogP contribution in [-0.2, 0) is 0 Å². The predicted molar refractivity (Wildman–Crippen MR) is 133 cm³/mol. The smallest absolute Gasteiger partial charge is 0.161 e. The van der Waals surface area contributed by atoms with Crippen molar-refractivity contribution >= 4 is 0 Å². The summed E-state index contributed by atoms with van der Waals surface area (Å²) in [5.74, 6) is 2.26. The molecule has 2 heterocycles. The van der Waals surface area contributed by atoms with Gasteiger partial charge in [0.25, 0.3) is 0 Å². The summed E-state index contributed by atoms with van der Waals surface area (Å²) < 4.78 is 18.1. The molecule has 0 spiro atoms. The summed E-state index contributed by atoms with van der Waals surface area (Å²) in [7, 11) is 1.66. The molecule has 178 valence electrons. The maximum absolute atomic E-state index is 6.33. The minimum Gasteiger partial charge on any atom is -0.493 e. The lowest BCUT2D eigenvalue weighted by Crippen LogP contribution is -2.79. The molecule has 2 fully saturated rings. The van der Waals surface area contributed by atoms with Crippen LogP contribution in [0.5, 0.6) is 17.2 Å². The molecular formula is C27H32N4O3. The van der Waals surface area contributed by atoms with Gasteiger partial charge in [0.05, 0.1) is 7.11 Å². The van der Waals surface area contributed by atoms with E-state index in [0.29, 0.717) is 24.7 Å². The van der Waals surface area contributed by atoms with Crippen LogP contribution in [-0.4, -0.2) is 57.8 Å². The molecular weight excluding hydrogens is 428 g/mol. The zero-order valence-electron chi connectivity index (χ0n) is 19.5. The van der Waals surface area contributed by atoms with Crippen molar-refractivity contribution in [2.45, 2.75) is 11.3 Å². The van der Waals surface area contributed by atoms with Gasteiger partial charge < -0.3 is 14.2 Å². The van der Waals surface area contributed by atoms with Gasteiger partial charge in [-0.25, -0.2) is 0 Å². The van der Waals surface area contributed by atoms with Crippen molar-refractivity contribution in [1.29, 1.82) is 0 Å². The molecule has 3 aromatic rings. The number of methoxy groups -OCH3 is 1. The SMILES string of the molecule is COc1ccccc1OCC1(C2(COc3ccc(-c4ccccc4)cc3)NCCN2)NCCN1. The summed E-state index contributed by atoms with van der Waals surface area (Å²) in [5.41, 5.74) is 1.25. The van der Waals surface area contributed by atoms with E-state index < -0.39 is 11.3 Å². The van der Waals surface area contributed by atoms with Crippen LogP contribution in [0.2, 0.25) is 0 Å². The normalized spacial score (nSPS) is 18.5. The first-order chi connectivity index (χ1) is 16.7. The van der Waals surface area contributed by atoms with E-state index in [2.05, 4.69) is 57.7 Å². The molecule has 3 aromatic carbocycles. The molecule has 34 heavy (non-hydrogen) atoms. The van der Waals surface area contributed by atoms with Gasteiger partial charge in [-0.15, -0.1) is 0 Å². The summed E-state index contributed by atoms with van der Waals surface area (Å²) in [6, 6.07) is 26.3. The largest absolute Gasteiger partial charge is 0.493 e. The molecule has 2 aliphatic rings. The number of para-hydroxylation sites is 2. The van der Waals surface area contributed by atoms with Crippen LogP contribution in [0.15, 0.2) is 78.9 Å². The molecule has 0 bridgehead atoms. The number of rotatable bonds is 9. The van der Waals surface area contributed by atoms with Crippen LogP contribution < -0.4 is 35.5 Å². The summed E-state index contributed by atoms with van der Waals surface area (Å²) in [4.78, 5) is 0.